The van der Waals surface area contributed by atoms with Crippen molar-refractivity contribution in [1.29, 1.82) is 0 Å². The Hall–Kier alpha value is -4.09. The van der Waals surface area contributed by atoms with E-state index in [4.69, 9.17) is 0 Å². The number of thiazole rings is 2. The Morgan fingerprint density at radius 2 is 1.43 bits per heavy atom. The highest BCUT2D eigenvalue weighted by Gasteiger charge is 2.19. The van der Waals surface area contributed by atoms with Gasteiger partial charge >= 0.3 is 6.03 Å². The third kappa shape index (κ3) is 12.9. The molecule has 0 radical (unpaired) electrons. The standard InChI is InChI=1S/C36H46N6O3S2/c1-26(2)35-41-31(24-46-35)23-42(3)36(45)38-19-18-34(44)40-30(21-28-12-8-5-9-13-28)15-14-29(20-27-10-6-4-7-11-27)39-33(43)17-16-32-22-37-25-47-32/h4-13,22,24-26,29-30H,14-21,23H2,1-3H3,(H,38,45)(H,39,43)(H,40,44)/t29-,30-/m1/s1. The summed E-state index contributed by atoms with van der Waals surface area (Å²) in [6, 6.07) is 19.8. The number of nitrogens with one attached hydrogen (secondary N) is 3. The Morgan fingerprint density at radius 1 is 0.830 bits per heavy atom. The maximum Gasteiger partial charge on any atom is 0.317 e. The minimum Gasteiger partial charge on any atom is -0.353 e. The third-order valence-corrected chi connectivity index (χ3v) is 9.80. The molecule has 0 saturated carbocycles. The van der Waals surface area contributed by atoms with Gasteiger partial charge in [-0.25, -0.2) is 9.78 Å². The lowest BCUT2D eigenvalue weighted by molar-refractivity contribution is -0.123. The van der Waals surface area contributed by atoms with E-state index in [0.717, 1.165) is 26.7 Å². The summed E-state index contributed by atoms with van der Waals surface area (Å²) in [5.41, 5.74) is 4.92. The molecular weight excluding hydrogens is 629 g/mol. The summed E-state index contributed by atoms with van der Waals surface area (Å²) in [6.07, 6.45) is 5.82. The summed E-state index contributed by atoms with van der Waals surface area (Å²) in [5, 5.41) is 12.4. The summed E-state index contributed by atoms with van der Waals surface area (Å²) >= 11 is 3.16. The van der Waals surface area contributed by atoms with E-state index < -0.39 is 0 Å². The Labute approximate surface area is 286 Å². The Bertz CT molecular complexity index is 1510. The molecule has 0 aliphatic carbocycles. The maximum absolute atomic E-state index is 13.1. The number of nitrogens with zero attached hydrogens (tertiary/aromatic N) is 3. The molecule has 2 atom stereocenters. The molecule has 4 amide bonds. The van der Waals surface area contributed by atoms with Crippen LogP contribution < -0.4 is 16.0 Å². The lowest BCUT2D eigenvalue weighted by Gasteiger charge is -2.24. The summed E-state index contributed by atoms with van der Waals surface area (Å²) in [6.45, 7) is 4.84. The SMILES string of the molecule is CC(C)c1nc(CN(C)C(=O)NCCC(=O)N[C@H](CC[C@H](Cc2ccccc2)NC(=O)CCc2cncs2)Cc2ccccc2)cs1. The van der Waals surface area contributed by atoms with Crippen molar-refractivity contribution in [1.82, 2.24) is 30.8 Å². The number of aromatic nitrogens is 2. The van der Waals surface area contributed by atoms with Crippen LogP contribution in [0.5, 0.6) is 0 Å². The van der Waals surface area contributed by atoms with Crippen molar-refractivity contribution in [3.8, 4) is 0 Å². The Morgan fingerprint density at radius 3 is 1.96 bits per heavy atom. The van der Waals surface area contributed by atoms with Gasteiger partial charge in [-0.1, -0.05) is 74.5 Å². The first-order chi connectivity index (χ1) is 22.7. The second-order valence-electron chi connectivity index (χ2n) is 12.1. The zero-order chi connectivity index (χ0) is 33.4. The molecule has 2 heterocycles. The number of benzene rings is 2. The second-order valence-corrected chi connectivity index (χ2v) is 14.0. The van der Waals surface area contributed by atoms with E-state index in [0.29, 0.717) is 51.0 Å². The molecule has 0 saturated heterocycles. The average Bonchev–Trinajstić information content (AvgIpc) is 3.76. The van der Waals surface area contributed by atoms with Crippen molar-refractivity contribution in [3.05, 3.63) is 104 Å². The number of hydrogen-bond acceptors (Lipinski definition) is 7. The first-order valence-corrected chi connectivity index (χ1v) is 18.0. The highest BCUT2D eigenvalue weighted by atomic mass is 32.1. The minimum atomic E-state index is -0.243. The average molecular weight is 675 g/mol. The summed E-state index contributed by atoms with van der Waals surface area (Å²) < 4.78 is 0. The molecule has 0 fully saturated rings. The maximum atomic E-state index is 13.1. The predicted molar refractivity (Wildman–Crippen MR) is 190 cm³/mol. The van der Waals surface area contributed by atoms with Crippen molar-refractivity contribution in [2.24, 2.45) is 0 Å². The van der Waals surface area contributed by atoms with Crippen molar-refractivity contribution in [2.45, 2.75) is 83.3 Å². The molecule has 0 aliphatic rings. The minimum absolute atomic E-state index is 0.0128. The number of amides is 4. The van der Waals surface area contributed by atoms with Crippen LogP contribution >= 0.6 is 22.7 Å². The van der Waals surface area contributed by atoms with E-state index in [1.807, 2.05) is 48.0 Å². The van der Waals surface area contributed by atoms with Crippen LogP contribution in [0.25, 0.3) is 0 Å². The number of aryl methyl sites for hydroxylation is 1. The van der Waals surface area contributed by atoms with Gasteiger partial charge in [0.1, 0.15) is 0 Å². The van der Waals surface area contributed by atoms with Crippen LogP contribution in [0.15, 0.2) is 77.8 Å². The van der Waals surface area contributed by atoms with E-state index >= 15 is 0 Å². The molecular formula is C36H46N6O3S2. The fourth-order valence-corrected chi connectivity index (χ4v) is 6.67. The molecule has 2 aromatic carbocycles. The van der Waals surface area contributed by atoms with Gasteiger partial charge in [0, 0.05) is 60.9 Å². The van der Waals surface area contributed by atoms with Gasteiger partial charge in [0.05, 0.1) is 22.8 Å². The van der Waals surface area contributed by atoms with E-state index in [2.05, 4.69) is 64.0 Å². The van der Waals surface area contributed by atoms with Gasteiger partial charge in [-0.2, -0.15) is 0 Å². The highest BCUT2D eigenvalue weighted by Crippen LogP contribution is 2.20. The molecule has 0 unspecified atom stereocenters. The van der Waals surface area contributed by atoms with Crippen LogP contribution in [0.2, 0.25) is 0 Å². The molecule has 4 aromatic rings. The van der Waals surface area contributed by atoms with Gasteiger partial charge in [0.2, 0.25) is 11.8 Å². The zero-order valence-electron chi connectivity index (χ0n) is 27.5. The molecule has 2 aromatic heterocycles. The van der Waals surface area contributed by atoms with Crippen LogP contribution in [-0.2, 0) is 35.4 Å². The third-order valence-electron chi connectivity index (χ3n) is 7.76. The van der Waals surface area contributed by atoms with Crippen molar-refractivity contribution in [3.63, 3.8) is 0 Å². The van der Waals surface area contributed by atoms with Crippen LogP contribution in [-0.4, -0.2) is 58.4 Å². The first-order valence-electron chi connectivity index (χ1n) is 16.2. The van der Waals surface area contributed by atoms with Crippen molar-refractivity contribution in [2.75, 3.05) is 13.6 Å². The fourth-order valence-electron chi connectivity index (χ4n) is 5.25. The monoisotopic (exact) mass is 674 g/mol. The molecule has 0 aliphatic heterocycles. The van der Waals surface area contributed by atoms with Crippen LogP contribution in [0.3, 0.4) is 0 Å². The van der Waals surface area contributed by atoms with E-state index in [-0.39, 0.29) is 42.9 Å². The molecule has 47 heavy (non-hydrogen) atoms. The predicted octanol–water partition coefficient (Wildman–Crippen LogP) is 6.12. The van der Waals surface area contributed by atoms with Gasteiger partial charge in [-0.3, -0.25) is 14.6 Å². The number of urea groups is 1. The molecule has 250 valence electrons. The van der Waals surface area contributed by atoms with Gasteiger partial charge in [0.25, 0.3) is 0 Å². The summed E-state index contributed by atoms with van der Waals surface area (Å²) in [7, 11) is 1.73. The second kappa shape index (κ2) is 18.9. The van der Waals surface area contributed by atoms with Gasteiger partial charge < -0.3 is 20.9 Å². The largest absolute Gasteiger partial charge is 0.353 e. The Kier molecular flexibility index (Phi) is 14.4. The quantitative estimate of drug-likeness (QED) is 0.118. The first kappa shape index (κ1) is 35.8. The lowest BCUT2D eigenvalue weighted by atomic mass is 9.95. The number of hydrogen-bond donors (Lipinski definition) is 3. The van der Waals surface area contributed by atoms with Gasteiger partial charge in [0.15, 0.2) is 0 Å². The van der Waals surface area contributed by atoms with Crippen molar-refractivity contribution < 1.29 is 14.4 Å². The normalized spacial score (nSPS) is 12.3. The molecule has 11 heteroatoms. The molecule has 0 spiro atoms. The lowest BCUT2D eigenvalue weighted by Crippen LogP contribution is -2.42. The zero-order valence-corrected chi connectivity index (χ0v) is 29.1. The smallest absolute Gasteiger partial charge is 0.317 e. The number of carbonyl (C=O) groups is 3. The van der Waals surface area contributed by atoms with Gasteiger partial charge in [-0.15, -0.1) is 22.7 Å². The molecule has 3 N–H and O–H groups in total. The van der Waals surface area contributed by atoms with Gasteiger partial charge in [-0.05, 0) is 43.2 Å². The summed E-state index contributed by atoms with van der Waals surface area (Å²) in [4.78, 5) is 50.1. The molecule has 4 rings (SSSR count). The number of carbonyl (C=O) groups excluding carboxylic acids is 3. The van der Waals surface area contributed by atoms with Crippen molar-refractivity contribution >= 4 is 40.5 Å². The van der Waals surface area contributed by atoms with Crippen LogP contribution in [0, 0.1) is 0 Å². The highest BCUT2D eigenvalue weighted by molar-refractivity contribution is 7.09. The topological polar surface area (TPSA) is 116 Å². The fraction of sp³-hybridized carbons (Fsp3) is 0.417. The molecule has 9 nitrogen and oxygen atoms in total. The van der Waals surface area contributed by atoms with Crippen LogP contribution in [0.1, 0.15) is 72.2 Å². The van der Waals surface area contributed by atoms with Crippen LogP contribution in [0.4, 0.5) is 4.79 Å². The van der Waals surface area contributed by atoms with E-state index in [9.17, 15) is 14.4 Å². The Balaban J connectivity index is 1.31. The molecule has 0 bridgehead atoms. The van der Waals surface area contributed by atoms with E-state index in [1.165, 1.54) is 0 Å². The summed E-state index contributed by atoms with van der Waals surface area (Å²) in [5.74, 6) is 0.243. The van der Waals surface area contributed by atoms with E-state index in [1.54, 1.807) is 40.1 Å². The number of rotatable bonds is 18.